The predicted octanol–water partition coefficient (Wildman–Crippen LogP) is 3.02. The predicted molar refractivity (Wildman–Crippen MR) is 174 cm³/mol. The molecule has 2 heterocycles. The van der Waals surface area contributed by atoms with Crippen LogP contribution in [0.2, 0.25) is 0 Å². The molecule has 0 unspecified atom stereocenters. The molecule has 0 aliphatic carbocycles. The largest absolute Gasteiger partial charge is 0.344 e. The number of nitrogens with one attached hydrogen (secondary N) is 2. The van der Waals surface area contributed by atoms with E-state index >= 15 is 4.39 Å². The lowest BCUT2D eigenvalue weighted by Crippen LogP contribution is -2.54. The number of nitrogens with zero attached hydrogens (tertiary/aromatic N) is 4. The van der Waals surface area contributed by atoms with Crippen molar-refractivity contribution in [2.75, 3.05) is 33.2 Å². The van der Waals surface area contributed by atoms with Gasteiger partial charge in [-0.2, -0.15) is 5.10 Å². The topological polar surface area (TPSA) is 117 Å². The Morgan fingerprint density at radius 2 is 1.54 bits per heavy atom. The van der Waals surface area contributed by atoms with E-state index in [4.69, 9.17) is 0 Å². The van der Waals surface area contributed by atoms with Crippen molar-refractivity contribution in [1.29, 1.82) is 0 Å². The van der Waals surface area contributed by atoms with Crippen molar-refractivity contribution in [3.63, 3.8) is 0 Å². The summed E-state index contributed by atoms with van der Waals surface area (Å²) in [5.41, 5.74) is 4.03. The van der Waals surface area contributed by atoms with Crippen molar-refractivity contribution in [1.82, 2.24) is 30.2 Å². The molecule has 0 radical (unpaired) electrons. The zero-order valence-electron chi connectivity index (χ0n) is 27.4. The quantitative estimate of drug-likeness (QED) is 0.299. The average Bonchev–Trinajstić information content (AvgIpc) is 3.50. The number of aromatic nitrogens is 2. The highest BCUT2D eigenvalue weighted by Crippen LogP contribution is 2.18. The molecule has 1 aliphatic rings. The lowest BCUT2D eigenvalue weighted by molar-refractivity contribution is -0.137. The number of likely N-dealkylation sites (N-methyl/N-ethyl adjacent to an activating group) is 1. The molecule has 2 aromatic carbocycles. The minimum absolute atomic E-state index is 0.124. The standard InChI is InChI=1S/C35H45FN6O4/c1-6-33(44)38-30(35(46)41-14-12-40(5)13-15-41)20-25-8-9-27(28(36)19-25)22-32(43)29(21-26-17-23(3)16-24(4)18-26)39-34(45)31-10-11-37-42(31)7-2/h8-11,16-19,29-30H,6-7,12-15,20-22H2,1-5H3,(H,38,44)(H,39,45)/t29-,30+/m0/s1. The summed E-state index contributed by atoms with van der Waals surface area (Å²) >= 11 is 0. The van der Waals surface area contributed by atoms with Gasteiger partial charge in [-0.1, -0.05) is 48.4 Å². The smallest absolute Gasteiger partial charge is 0.270 e. The Hall–Kier alpha value is -4.38. The molecule has 246 valence electrons. The van der Waals surface area contributed by atoms with E-state index in [1.807, 2.05) is 46.0 Å². The van der Waals surface area contributed by atoms with E-state index in [2.05, 4.69) is 20.6 Å². The number of ketones is 1. The van der Waals surface area contributed by atoms with Gasteiger partial charge in [0.1, 0.15) is 17.6 Å². The summed E-state index contributed by atoms with van der Waals surface area (Å²) in [6.07, 6.45) is 1.90. The maximum atomic E-state index is 15.5. The average molecular weight is 633 g/mol. The second-order valence-corrected chi connectivity index (χ2v) is 12.1. The number of halogens is 1. The Morgan fingerprint density at radius 1 is 0.870 bits per heavy atom. The molecule has 0 saturated carbocycles. The number of amides is 3. The van der Waals surface area contributed by atoms with Crippen LogP contribution in [0, 0.1) is 19.7 Å². The van der Waals surface area contributed by atoms with Crippen LogP contribution in [-0.2, 0) is 40.2 Å². The van der Waals surface area contributed by atoms with E-state index in [1.54, 1.807) is 34.7 Å². The van der Waals surface area contributed by atoms with Crippen LogP contribution < -0.4 is 10.6 Å². The zero-order valence-corrected chi connectivity index (χ0v) is 27.4. The third kappa shape index (κ3) is 9.09. The monoisotopic (exact) mass is 632 g/mol. The van der Waals surface area contributed by atoms with Crippen molar-refractivity contribution in [2.24, 2.45) is 0 Å². The third-order valence-electron chi connectivity index (χ3n) is 8.36. The van der Waals surface area contributed by atoms with E-state index < -0.39 is 23.8 Å². The molecule has 2 atom stereocenters. The summed E-state index contributed by atoms with van der Waals surface area (Å²) in [6, 6.07) is 10.4. The number of hydrogen-bond acceptors (Lipinski definition) is 6. The molecule has 4 rings (SSSR count). The van der Waals surface area contributed by atoms with Crippen molar-refractivity contribution in [3.8, 4) is 0 Å². The highest BCUT2D eigenvalue weighted by atomic mass is 19.1. The maximum Gasteiger partial charge on any atom is 0.270 e. The van der Waals surface area contributed by atoms with Gasteiger partial charge in [-0.25, -0.2) is 4.39 Å². The third-order valence-corrected chi connectivity index (χ3v) is 8.36. The highest BCUT2D eigenvalue weighted by molar-refractivity contribution is 5.97. The van der Waals surface area contributed by atoms with E-state index in [-0.39, 0.29) is 48.8 Å². The first-order chi connectivity index (χ1) is 22.0. The Balaban J connectivity index is 1.51. The highest BCUT2D eigenvalue weighted by Gasteiger charge is 2.29. The molecular formula is C35H45FN6O4. The molecule has 1 aliphatic heterocycles. The Labute approximate surface area is 270 Å². The van der Waals surface area contributed by atoms with E-state index in [0.717, 1.165) is 29.8 Å². The Kier molecular flexibility index (Phi) is 11.8. The summed E-state index contributed by atoms with van der Waals surface area (Å²) in [4.78, 5) is 56.4. The van der Waals surface area contributed by atoms with Crippen molar-refractivity contribution < 1.29 is 23.6 Å². The molecule has 1 saturated heterocycles. The van der Waals surface area contributed by atoms with Gasteiger partial charge in [0, 0.05) is 58.2 Å². The summed E-state index contributed by atoms with van der Waals surface area (Å²) in [5, 5.41) is 9.83. The van der Waals surface area contributed by atoms with Gasteiger partial charge in [0.05, 0.1) is 6.04 Å². The van der Waals surface area contributed by atoms with Gasteiger partial charge < -0.3 is 20.4 Å². The van der Waals surface area contributed by atoms with Crippen LogP contribution >= 0.6 is 0 Å². The van der Waals surface area contributed by atoms with Crippen LogP contribution in [-0.4, -0.2) is 88.4 Å². The second kappa shape index (κ2) is 15.8. The van der Waals surface area contributed by atoms with Crippen molar-refractivity contribution in [2.45, 2.75) is 72.0 Å². The SMILES string of the molecule is CCC(=O)N[C@H](Cc1ccc(CC(=O)[C@H](Cc2cc(C)cc(C)c2)NC(=O)c2ccnn2CC)c(F)c1)C(=O)N1CCN(C)CC1. The van der Waals surface area contributed by atoms with Gasteiger partial charge in [-0.15, -0.1) is 0 Å². The fraction of sp³-hybridized carbons (Fsp3) is 0.457. The normalized spacial score (nSPS) is 14.9. The first kappa shape index (κ1) is 34.5. The summed E-state index contributed by atoms with van der Waals surface area (Å²) in [5.74, 6) is -1.79. The Bertz CT molecular complexity index is 1540. The molecule has 10 nitrogen and oxygen atoms in total. The minimum atomic E-state index is -0.900. The number of aryl methyl sites for hydroxylation is 3. The fourth-order valence-corrected chi connectivity index (χ4v) is 5.83. The van der Waals surface area contributed by atoms with Gasteiger partial charge in [0.2, 0.25) is 11.8 Å². The molecule has 3 aromatic rings. The first-order valence-electron chi connectivity index (χ1n) is 15.9. The lowest BCUT2D eigenvalue weighted by Gasteiger charge is -2.34. The lowest BCUT2D eigenvalue weighted by atomic mass is 9.94. The van der Waals surface area contributed by atoms with Crippen LogP contribution in [0.15, 0.2) is 48.7 Å². The second-order valence-electron chi connectivity index (χ2n) is 12.1. The molecule has 46 heavy (non-hydrogen) atoms. The molecule has 11 heteroatoms. The number of benzene rings is 2. The first-order valence-corrected chi connectivity index (χ1v) is 15.9. The number of hydrogen-bond donors (Lipinski definition) is 2. The summed E-state index contributed by atoms with van der Waals surface area (Å²) < 4.78 is 17.1. The number of carbonyl (C=O) groups is 4. The Morgan fingerprint density at radius 3 is 2.17 bits per heavy atom. The van der Waals surface area contributed by atoms with E-state index in [0.29, 0.717) is 30.9 Å². The van der Waals surface area contributed by atoms with Crippen molar-refractivity contribution in [3.05, 3.63) is 88.0 Å². The van der Waals surface area contributed by atoms with Crippen LogP contribution in [0.1, 0.15) is 58.6 Å². The number of piperazine rings is 1. The molecule has 2 N–H and O–H groups in total. The van der Waals surface area contributed by atoms with Crippen LogP contribution in [0.3, 0.4) is 0 Å². The van der Waals surface area contributed by atoms with Crippen LogP contribution in [0.25, 0.3) is 0 Å². The van der Waals surface area contributed by atoms with Gasteiger partial charge in [-0.05, 0) is 63.1 Å². The summed E-state index contributed by atoms with van der Waals surface area (Å²) in [6.45, 7) is 10.6. The van der Waals surface area contributed by atoms with Crippen molar-refractivity contribution >= 4 is 23.5 Å². The molecule has 3 amide bonds. The minimum Gasteiger partial charge on any atom is -0.344 e. The van der Waals surface area contributed by atoms with Gasteiger partial charge >= 0.3 is 0 Å². The molecular weight excluding hydrogens is 587 g/mol. The van der Waals surface area contributed by atoms with Crippen LogP contribution in [0.5, 0.6) is 0 Å². The number of Topliss-reactive ketones (excluding diaryl/α,β-unsaturated/α-hetero) is 1. The summed E-state index contributed by atoms with van der Waals surface area (Å²) in [7, 11) is 1.99. The van der Waals surface area contributed by atoms with Gasteiger partial charge in [-0.3, -0.25) is 23.9 Å². The van der Waals surface area contributed by atoms with E-state index in [9.17, 15) is 19.2 Å². The molecule has 1 aromatic heterocycles. The number of rotatable bonds is 13. The van der Waals surface area contributed by atoms with Gasteiger partial charge in [0.25, 0.3) is 5.91 Å². The molecule has 0 bridgehead atoms. The zero-order chi connectivity index (χ0) is 33.4. The van der Waals surface area contributed by atoms with Crippen LogP contribution in [0.4, 0.5) is 4.39 Å². The molecule has 1 fully saturated rings. The fourth-order valence-electron chi connectivity index (χ4n) is 5.83. The molecule has 0 spiro atoms. The van der Waals surface area contributed by atoms with E-state index in [1.165, 1.54) is 12.3 Å². The maximum absolute atomic E-state index is 15.5. The van der Waals surface area contributed by atoms with Gasteiger partial charge in [0.15, 0.2) is 5.78 Å². The number of carbonyl (C=O) groups excluding carboxylic acids is 4.